The van der Waals surface area contributed by atoms with Gasteiger partial charge in [0.05, 0.1) is 17.8 Å². The number of hydrogen-bond donors (Lipinski definition) is 3. The number of amides is 1. The van der Waals surface area contributed by atoms with E-state index in [4.69, 9.17) is 10.7 Å². The number of nitrogens with zero attached hydrogens (tertiary/aromatic N) is 3. The highest BCUT2D eigenvalue weighted by atomic mass is 16.2. The molecule has 0 atom stereocenters. The van der Waals surface area contributed by atoms with Gasteiger partial charge in [0.15, 0.2) is 0 Å². The molecule has 1 amide bonds. The van der Waals surface area contributed by atoms with E-state index in [1.807, 2.05) is 41.4 Å². The van der Waals surface area contributed by atoms with Crippen LogP contribution in [-0.4, -0.2) is 46.9 Å². The van der Waals surface area contributed by atoms with E-state index in [0.717, 1.165) is 60.4 Å². The minimum atomic E-state index is 0.201. The molecule has 7 heteroatoms. The van der Waals surface area contributed by atoms with Crippen molar-refractivity contribution in [3.8, 4) is 17.2 Å². The van der Waals surface area contributed by atoms with Crippen molar-refractivity contribution in [3.05, 3.63) is 71.5 Å². The molecule has 2 heterocycles. The summed E-state index contributed by atoms with van der Waals surface area (Å²) in [7, 11) is 0. The molecule has 2 aromatic carbocycles. The van der Waals surface area contributed by atoms with Crippen LogP contribution in [0.3, 0.4) is 0 Å². The van der Waals surface area contributed by atoms with Gasteiger partial charge in [0, 0.05) is 55.3 Å². The van der Waals surface area contributed by atoms with Crippen molar-refractivity contribution in [2.24, 2.45) is 5.92 Å². The fourth-order valence-electron chi connectivity index (χ4n) is 4.23. The summed E-state index contributed by atoms with van der Waals surface area (Å²) in [5, 5.41) is 27.0. The Hall–Kier alpha value is -3.92. The number of H-pyrrole nitrogens is 1. The molecule has 0 radical (unpaired) electrons. The Kier molecular flexibility index (Phi) is 7.16. The third-order valence-corrected chi connectivity index (χ3v) is 6.30. The number of anilines is 1. The van der Waals surface area contributed by atoms with Gasteiger partial charge in [-0.2, -0.15) is 10.4 Å². The zero-order valence-electron chi connectivity index (χ0n) is 18.6. The predicted octanol–water partition coefficient (Wildman–Crippen LogP) is 4.23. The van der Waals surface area contributed by atoms with Crippen molar-refractivity contribution in [3.63, 3.8) is 0 Å². The zero-order chi connectivity index (χ0) is 23.0. The van der Waals surface area contributed by atoms with E-state index in [9.17, 15) is 4.79 Å². The third kappa shape index (κ3) is 5.66. The van der Waals surface area contributed by atoms with Crippen LogP contribution in [0, 0.1) is 22.7 Å². The largest absolute Gasteiger partial charge is 0.384 e. The number of aryl methyl sites for hydroxylation is 1. The van der Waals surface area contributed by atoms with Crippen molar-refractivity contribution < 1.29 is 4.79 Å². The van der Waals surface area contributed by atoms with Crippen LogP contribution in [-0.2, 0) is 11.2 Å². The number of benzene rings is 2. The number of carbonyl (C=O) groups is 1. The number of rotatable bonds is 8. The molecule has 33 heavy (non-hydrogen) atoms. The Balaban J connectivity index is 1.23. The molecule has 0 aliphatic carbocycles. The van der Waals surface area contributed by atoms with E-state index in [2.05, 4.69) is 21.6 Å². The van der Waals surface area contributed by atoms with Gasteiger partial charge in [-0.3, -0.25) is 9.89 Å². The average Bonchev–Trinajstić information content (AvgIpc) is 3.41. The van der Waals surface area contributed by atoms with Crippen molar-refractivity contribution in [2.75, 3.05) is 25.0 Å². The average molecular weight is 441 g/mol. The summed E-state index contributed by atoms with van der Waals surface area (Å²) in [6.45, 7) is 2.41. The molecule has 1 aliphatic rings. The Morgan fingerprint density at radius 1 is 1.21 bits per heavy atom. The summed E-state index contributed by atoms with van der Waals surface area (Å²) >= 11 is 0. The van der Waals surface area contributed by atoms with Crippen molar-refractivity contribution in [1.82, 2.24) is 15.1 Å². The van der Waals surface area contributed by atoms with Gasteiger partial charge in [-0.05, 0) is 60.6 Å². The second-order valence-corrected chi connectivity index (χ2v) is 8.45. The molecule has 1 aromatic heterocycles. The van der Waals surface area contributed by atoms with E-state index >= 15 is 0 Å². The zero-order valence-corrected chi connectivity index (χ0v) is 18.6. The van der Waals surface area contributed by atoms with E-state index in [-0.39, 0.29) is 5.91 Å². The molecule has 0 spiro atoms. The topological polar surface area (TPSA) is 109 Å². The van der Waals surface area contributed by atoms with Crippen molar-refractivity contribution in [1.29, 1.82) is 10.7 Å². The molecule has 1 aliphatic heterocycles. The number of hydrogen-bond acceptors (Lipinski definition) is 5. The minimum absolute atomic E-state index is 0.201. The first kappa shape index (κ1) is 22.3. The second-order valence-electron chi connectivity index (χ2n) is 8.45. The van der Waals surface area contributed by atoms with Gasteiger partial charge < -0.3 is 15.6 Å². The second kappa shape index (κ2) is 10.6. The van der Waals surface area contributed by atoms with Gasteiger partial charge in [-0.1, -0.05) is 18.2 Å². The molecule has 1 saturated heterocycles. The molecule has 3 aromatic rings. The number of carbonyl (C=O) groups excluding carboxylic acids is 1. The fourth-order valence-corrected chi connectivity index (χ4v) is 4.23. The maximum Gasteiger partial charge on any atom is 0.222 e. The van der Waals surface area contributed by atoms with Crippen LogP contribution in [0.25, 0.3) is 11.1 Å². The Labute approximate surface area is 194 Å². The lowest BCUT2D eigenvalue weighted by Gasteiger charge is -2.32. The van der Waals surface area contributed by atoms with Gasteiger partial charge in [0.1, 0.15) is 0 Å². The number of aromatic amines is 1. The lowest BCUT2D eigenvalue weighted by molar-refractivity contribution is -0.132. The standard InChI is InChI=1S/C26H28N6O/c27-14-20-3-1-19(2-4-20)5-8-26(33)32-11-9-21(10-12-32)16-29-25-7-6-22(13-23(25)15-28)24-17-30-31-18-24/h1-4,6-7,13,15,17-18,21,28-29H,5,8-12,16H2,(H,30,31). The van der Waals surface area contributed by atoms with Crippen LogP contribution in [0.5, 0.6) is 0 Å². The van der Waals surface area contributed by atoms with Gasteiger partial charge in [-0.25, -0.2) is 0 Å². The smallest absolute Gasteiger partial charge is 0.222 e. The first-order valence-corrected chi connectivity index (χ1v) is 11.3. The van der Waals surface area contributed by atoms with Crippen LogP contribution in [0.4, 0.5) is 5.69 Å². The lowest BCUT2D eigenvalue weighted by atomic mass is 9.96. The Morgan fingerprint density at radius 2 is 2.00 bits per heavy atom. The molecule has 7 nitrogen and oxygen atoms in total. The summed E-state index contributed by atoms with van der Waals surface area (Å²) < 4.78 is 0. The van der Waals surface area contributed by atoms with Crippen LogP contribution >= 0.6 is 0 Å². The van der Waals surface area contributed by atoms with Crippen molar-refractivity contribution >= 4 is 17.8 Å². The first-order chi connectivity index (χ1) is 16.2. The van der Waals surface area contributed by atoms with Gasteiger partial charge in [0.25, 0.3) is 0 Å². The number of likely N-dealkylation sites (tertiary alicyclic amines) is 1. The molecule has 1 fully saturated rings. The molecule has 168 valence electrons. The minimum Gasteiger partial charge on any atom is -0.384 e. The van der Waals surface area contributed by atoms with Gasteiger partial charge in [0.2, 0.25) is 5.91 Å². The molecular formula is C26H28N6O. The molecule has 4 rings (SSSR count). The SMILES string of the molecule is N#Cc1ccc(CCC(=O)N2CCC(CNc3ccc(-c4cn[nH]c4)cc3C=N)CC2)cc1. The van der Waals surface area contributed by atoms with E-state index < -0.39 is 0 Å². The van der Waals surface area contributed by atoms with Gasteiger partial charge >= 0.3 is 0 Å². The quantitative estimate of drug-likeness (QED) is 0.456. The summed E-state index contributed by atoms with van der Waals surface area (Å²) in [4.78, 5) is 14.6. The van der Waals surface area contributed by atoms with Crippen LogP contribution in [0.1, 0.15) is 36.0 Å². The number of nitrogens with one attached hydrogen (secondary N) is 3. The monoisotopic (exact) mass is 440 g/mol. The molecular weight excluding hydrogens is 412 g/mol. The number of nitriles is 1. The maximum atomic E-state index is 12.6. The van der Waals surface area contributed by atoms with E-state index in [0.29, 0.717) is 24.3 Å². The lowest BCUT2D eigenvalue weighted by Crippen LogP contribution is -2.40. The first-order valence-electron chi connectivity index (χ1n) is 11.3. The van der Waals surface area contributed by atoms with Crippen LogP contribution in [0.2, 0.25) is 0 Å². The van der Waals surface area contributed by atoms with Crippen LogP contribution < -0.4 is 5.32 Å². The van der Waals surface area contributed by atoms with Crippen molar-refractivity contribution in [2.45, 2.75) is 25.7 Å². The predicted molar refractivity (Wildman–Crippen MR) is 129 cm³/mol. The highest BCUT2D eigenvalue weighted by molar-refractivity contribution is 5.88. The molecule has 0 unspecified atom stereocenters. The molecule has 3 N–H and O–H groups in total. The number of piperidine rings is 1. The Morgan fingerprint density at radius 3 is 2.67 bits per heavy atom. The normalized spacial score (nSPS) is 14.0. The van der Waals surface area contributed by atoms with Crippen LogP contribution in [0.15, 0.2) is 54.9 Å². The Bertz CT molecular complexity index is 1120. The summed E-state index contributed by atoms with van der Waals surface area (Å²) in [6.07, 6.45) is 8.14. The fraction of sp³-hybridized carbons (Fsp3) is 0.308. The summed E-state index contributed by atoms with van der Waals surface area (Å²) in [6, 6.07) is 15.6. The molecule has 0 bridgehead atoms. The van der Waals surface area contributed by atoms with Gasteiger partial charge in [-0.15, -0.1) is 0 Å². The summed E-state index contributed by atoms with van der Waals surface area (Å²) in [5.41, 5.74) is 5.56. The summed E-state index contributed by atoms with van der Waals surface area (Å²) in [5.74, 6) is 0.700. The maximum absolute atomic E-state index is 12.6. The number of aromatic nitrogens is 2. The highest BCUT2D eigenvalue weighted by Gasteiger charge is 2.22. The molecule has 0 saturated carbocycles. The van der Waals surface area contributed by atoms with E-state index in [1.54, 1.807) is 18.3 Å². The third-order valence-electron chi connectivity index (χ3n) is 6.30. The van der Waals surface area contributed by atoms with E-state index in [1.165, 1.54) is 6.21 Å². The highest BCUT2D eigenvalue weighted by Crippen LogP contribution is 2.25.